The van der Waals surface area contributed by atoms with Gasteiger partial charge in [0, 0.05) is 6.42 Å². The van der Waals surface area contributed by atoms with Crippen molar-refractivity contribution in [1.29, 1.82) is 0 Å². The van der Waals surface area contributed by atoms with Crippen LogP contribution in [0.2, 0.25) is 0 Å². The quantitative estimate of drug-likeness (QED) is 0.805. The third kappa shape index (κ3) is 3.49. The van der Waals surface area contributed by atoms with E-state index in [2.05, 4.69) is 16.9 Å². The second-order valence-corrected chi connectivity index (χ2v) is 7.87. The summed E-state index contributed by atoms with van der Waals surface area (Å²) in [5, 5.41) is 0. The fourth-order valence-electron chi connectivity index (χ4n) is 4.39. The lowest BCUT2D eigenvalue weighted by atomic mass is 9.68. The fourth-order valence-corrected chi connectivity index (χ4v) is 4.39. The van der Waals surface area contributed by atoms with E-state index >= 15 is 0 Å². The summed E-state index contributed by atoms with van der Waals surface area (Å²) in [7, 11) is 0. The normalized spacial score (nSPS) is 20.0. The number of nitrogens with one attached hydrogen (secondary N) is 2. The van der Waals surface area contributed by atoms with E-state index in [-0.39, 0.29) is 11.8 Å². The zero-order valence-corrected chi connectivity index (χ0v) is 16.2. The highest BCUT2D eigenvalue weighted by Gasteiger charge is 2.41. The first-order chi connectivity index (χ1) is 13.6. The number of hydrazine groups is 1. The minimum atomic E-state index is -0.612. The van der Waals surface area contributed by atoms with E-state index < -0.39 is 11.5 Å². The minimum absolute atomic E-state index is 0.137. The summed E-state index contributed by atoms with van der Waals surface area (Å²) >= 11 is 0. The summed E-state index contributed by atoms with van der Waals surface area (Å²) in [4.78, 5) is 25.7. The molecule has 5 heteroatoms. The molecule has 1 atom stereocenters. The Morgan fingerprint density at radius 1 is 1.00 bits per heavy atom. The van der Waals surface area contributed by atoms with Gasteiger partial charge in [-0.05, 0) is 37.0 Å². The van der Waals surface area contributed by atoms with Crippen molar-refractivity contribution in [2.24, 2.45) is 0 Å². The Bertz CT molecular complexity index is 862. The molecule has 1 unspecified atom stereocenters. The predicted molar refractivity (Wildman–Crippen MR) is 107 cm³/mol. The van der Waals surface area contributed by atoms with Gasteiger partial charge in [0.15, 0.2) is 6.10 Å². The highest BCUT2D eigenvalue weighted by molar-refractivity contribution is 5.91. The Morgan fingerprint density at radius 3 is 2.54 bits per heavy atom. The van der Waals surface area contributed by atoms with Crippen molar-refractivity contribution in [2.45, 2.75) is 57.0 Å². The largest absolute Gasteiger partial charge is 0.480 e. The Kier molecular flexibility index (Phi) is 5.07. The molecule has 0 saturated heterocycles. The van der Waals surface area contributed by atoms with E-state index in [0.717, 1.165) is 54.5 Å². The molecule has 2 aromatic carbocycles. The maximum Gasteiger partial charge on any atom is 0.279 e. The van der Waals surface area contributed by atoms with Crippen molar-refractivity contribution in [1.82, 2.24) is 10.9 Å². The molecule has 2 amide bonds. The predicted octanol–water partition coefficient (Wildman–Crippen LogP) is 3.35. The number of hydrogen-bond acceptors (Lipinski definition) is 3. The summed E-state index contributed by atoms with van der Waals surface area (Å²) in [5.41, 5.74) is 7.89. The van der Waals surface area contributed by atoms with Gasteiger partial charge in [-0.3, -0.25) is 20.4 Å². The molecule has 2 N–H and O–H groups in total. The van der Waals surface area contributed by atoms with Gasteiger partial charge >= 0.3 is 0 Å². The third-order valence-corrected chi connectivity index (χ3v) is 5.95. The first-order valence-electron chi connectivity index (χ1n) is 10.0. The zero-order valence-electron chi connectivity index (χ0n) is 16.2. The molecule has 1 aliphatic carbocycles. The van der Waals surface area contributed by atoms with Crippen LogP contribution in [0.4, 0.5) is 0 Å². The summed E-state index contributed by atoms with van der Waals surface area (Å²) in [5.74, 6) is 0.277. The Hall–Kier alpha value is -2.82. The Balaban J connectivity index is 1.45. The number of benzene rings is 2. The summed E-state index contributed by atoms with van der Waals surface area (Å²) < 4.78 is 5.71. The molecule has 1 saturated carbocycles. The van der Waals surface area contributed by atoms with Crippen molar-refractivity contribution in [3.05, 3.63) is 65.2 Å². The van der Waals surface area contributed by atoms with Crippen LogP contribution < -0.4 is 15.6 Å². The maximum atomic E-state index is 13.2. The molecular weight excluding hydrogens is 352 g/mol. The van der Waals surface area contributed by atoms with Crippen LogP contribution in [0.25, 0.3) is 0 Å². The Labute approximate surface area is 165 Å². The number of aryl methyl sites for hydroxylation is 1. The van der Waals surface area contributed by atoms with Gasteiger partial charge in [-0.2, -0.15) is 0 Å². The lowest BCUT2D eigenvalue weighted by Crippen LogP contribution is -2.54. The average Bonchev–Trinajstić information content (AvgIpc) is 3.16. The summed E-state index contributed by atoms with van der Waals surface area (Å²) in [6.45, 7) is 2.04. The highest BCUT2D eigenvalue weighted by Crippen LogP contribution is 2.40. The molecule has 0 aromatic heterocycles. The van der Waals surface area contributed by atoms with Gasteiger partial charge in [0.1, 0.15) is 5.75 Å². The fraction of sp³-hybridized carbons (Fsp3) is 0.391. The van der Waals surface area contributed by atoms with Crippen LogP contribution in [0.3, 0.4) is 0 Å². The van der Waals surface area contributed by atoms with Crippen LogP contribution in [-0.4, -0.2) is 17.9 Å². The van der Waals surface area contributed by atoms with Gasteiger partial charge in [0.05, 0.1) is 5.41 Å². The van der Waals surface area contributed by atoms with Gasteiger partial charge in [0.2, 0.25) is 5.91 Å². The molecule has 2 aromatic rings. The first-order valence-corrected chi connectivity index (χ1v) is 10.0. The summed E-state index contributed by atoms with van der Waals surface area (Å²) in [6, 6.07) is 15.8. The van der Waals surface area contributed by atoms with Gasteiger partial charge in [-0.1, -0.05) is 67.3 Å². The van der Waals surface area contributed by atoms with E-state index in [1.165, 1.54) is 0 Å². The third-order valence-electron chi connectivity index (χ3n) is 5.95. The van der Waals surface area contributed by atoms with Crippen molar-refractivity contribution < 1.29 is 14.3 Å². The van der Waals surface area contributed by atoms with Crippen LogP contribution in [0.1, 0.15) is 48.8 Å². The number of carbonyl (C=O) groups excluding carboxylic acids is 2. The smallest absolute Gasteiger partial charge is 0.279 e. The lowest BCUT2D eigenvalue weighted by molar-refractivity contribution is -0.135. The molecule has 2 aliphatic rings. The number of amides is 2. The van der Waals surface area contributed by atoms with Crippen molar-refractivity contribution >= 4 is 11.8 Å². The number of ether oxygens (including phenoxy) is 1. The second kappa shape index (κ2) is 7.66. The average molecular weight is 378 g/mol. The van der Waals surface area contributed by atoms with Crippen LogP contribution in [0.15, 0.2) is 48.5 Å². The van der Waals surface area contributed by atoms with E-state index in [4.69, 9.17) is 4.74 Å². The maximum absolute atomic E-state index is 13.2. The van der Waals surface area contributed by atoms with Crippen LogP contribution in [-0.2, 0) is 21.4 Å². The zero-order chi connectivity index (χ0) is 19.6. The standard InChI is InChI=1S/C23H26N2O3/c1-16-8-7-10-18(14-16)23(12-5-2-6-13-23)22(27)25-24-21(26)20-15-17-9-3-4-11-19(17)28-20/h3-4,7-11,14,20H,2,5-6,12-13,15H2,1H3,(H,24,26)(H,25,27). The minimum Gasteiger partial charge on any atom is -0.480 e. The molecule has 1 heterocycles. The highest BCUT2D eigenvalue weighted by atomic mass is 16.5. The topological polar surface area (TPSA) is 67.4 Å². The number of carbonyl (C=O) groups is 2. The molecule has 0 radical (unpaired) electrons. The molecule has 28 heavy (non-hydrogen) atoms. The number of para-hydroxylation sites is 1. The SMILES string of the molecule is Cc1cccc(C2(C(=O)NNC(=O)C3Cc4ccccc4O3)CCCCC2)c1. The second-order valence-electron chi connectivity index (χ2n) is 7.87. The van der Waals surface area contributed by atoms with Gasteiger partial charge in [0.25, 0.3) is 5.91 Å². The van der Waals surface area contributed by atoms with E-state index in [1.807, 2.05) is 49.4 Å². The summed E-state index contributed by atoms with van der Waals surface area (Å²) in [6.07, 6.45) is 4.65. The lowest BCUT2D eigenvalue weighted by Gasteiger charge is -2.36. The van der Waals surface area contributed by atoms with Gasteiger partial charge in [-0.15, -0.1) is 0 Å². The van der Waals surface area contributed by atoms with Crippen LogP contribution in [0.5, 0.6) is 5.75 Å². The first kappa shape index (κ1) is 18.5. The van der Waals surface area contributed by atoms with Gasteiger partial charge in [-0.25, -0.2) is 0 Å². The Morgan fingerprint density at radius 2 is 1.79 bits per heavy atom. The molecular formula is C23H26N2O3. The van der Waals surface area contributed by atoms with Crippen molar-refractivity contribution in [3.63, 3.8) is 0 Å². The van der Waals surface area contributed by atoms with Crippen LogP contribution >= 0.6 is 0 Å². The van der Waals surface area contributed by atoms with Crippen molar-refractivity contribution in [3.8, 4) is 5.75 Å². The number of rotatable bonds is 3. The molecule has 4 rings (SSSR count). The molecule has 1 fully saturated rings. The molecule has 0 spiro atoms. The van der Waals surface area contributed by atoms with Gasteiger partial charge < -0.3 is 4.74 Å². The van der Waals surface area contributed by atoms with E-state index in [1.54, 1.807) is 0 Å². The monoisotopic (exact) mass is 378 g/mol. The number of fused-ring (bicyclic) bond motifs is 1. The molecule has 0 bridgehead atoms. The van der Waals surface area contributed by atoms with E-state index in [9.17, 15) is 9.59 Å². The van der Waals surface area contributed by atoms with Crippen LogP contribution in [0, 0.1) is 6.92 Å². The van der Waals surface area contributed by atoms with Crippen molar-refractivity contribution in [2.75, 3.05) is 0 Å². The molecule has 5 nitrogen and oxygen atoms in total. The molecule has 1 aliphatic heterocycles. The van der Waals surface area contributed by atoms with E-state index in [0.29, 0.717) is 6.42 Å². The number of hydrogen-bond donors (Lipinski definition) is 2. The molecule has 146 valence electrons.